The number of nitrogens with zero attached hydrogens (tertiary/aromatic N) is 3. The van der Waals surface area contributed by atoms with Gasteiger partial charge in [0.2, 0.25) is 0 Å². The summed E-state index contributed by atoms with van der Waals surface area (Å²) in [5.41, 5.74) is 1.32. The molecule has 1 aromatic carbocycles. The number of nitrogens with one attached hydrogen (secondary N) is 1. The number of hydrogen-bond acceptors (Lipinski definition) is 3. The first-order valence-electron chi connectivity index (χ1n) is 6.61. The van der Waals surface area contributed by atoms with Crippen LogP contribution in [0.15, 0.2) is 42.6 Å². The van der Waals surface area contributed by atoms with Crippen molar-refractivity contribution in [3.63, 3.8) is 0 Å². The minimum absolute atomic E-state index is 0.203. The van der Waals surface area contributed by atoms with Crippen LogP contribution in [0.3, 0.4) is 0 Å². The highest BCUT2D eigenvalue weighted by atomic mass is 19.1. The molecule has 0 aliphatic heterocycles. The van der Waals surface area contributed by atoms with Crippen LogP contribution in [0, 0.1) is 11.6 Å². The second-order valence-electron chi connectivity index (χ2n) is 4.85. The summed E-state index contributed by atoms with van der Waals surface area (Å²) < 4.78 is 28.3. The molecule has 3 rings (SSSR count). The number of aromatic nitrogens is 3. The first kappa shape index (κ1) is 13.6. The minimum atomic E-state index is -0.577. The van der Waals surface area contributed by atoms with Gasteiger partial charge in [-0.3, -0.25) is 4.40 Å². The van der Waals surface area contributed by atoms with Gasteiger partial charge in [-0.05, 0) is 36.8 Å². The molecule has 0 fully saturated rings. The Balaban J connectivity index is 1.75. The standard InChI is InChI=1S/C15H14F2N4/c1-10(11-6-12(16)8-13(17)7-11)18-9-15-20-19-14-4-2-3-5-21(14)15/h2-8,10,18H,9H2,1H3. The van der Waals surface area contributed by atoms with Crippen LogP contribution in [0.5, 0.6) is 0 Å². The van der Waals surface area contributed by atoms with Crippen molar-refractivity contribution in [2.75, 3.05) is 0 Å². The molecule has 1 unspecified atom stereocenters. The summed E-state index contributed by atoms with van der Waals surface area (Å²) in [5, 5.41) is 11.3. The van der Waals surface area contributed by atoms with E-state index >= 15 is 0 Å². The predicted molar refractivity (Wildman–Crippen MR) is 74.6 cm³/mol. The molecule has 1 N–H and O–H groups in total. The highest BCUT2D eigenvalue weighted by Gasteiger charge is 2.10. The zero-order valence-electron chi connectivity index (χ0n) is 11.4. The molecule has 21 heavy (non-hydrogen) atoms. The molecular formula is C15H14F2N4. The van der Waals surface area contributed by atoms with Crippen molar-refractivity contribution in [1.29, 1.82) is 0 Å². The van der Waals surface area contributed by atoms with Gasteiger partial charge in [0.15, 0.2) is 11.5 Å². The van der Waals surface area contributed by atoms with E-state index in [-0.39, 0.29) is 6.04 Å². The Morgan fingerprint density at radius 1 is 1.14 bits per heavy atom. The van der Waals surface area contributed by atoms with Crippen LogP contribution in [-0.4, -0.2) is 14.6 Å². The average molecular weight is 288 g/mol. The van der Waals surface area contributed by atoms with Gasteiger partial charge in [0.05, 0.1) is 6.54 Å². The van der Waals surface area contributed by atoms with Gasteiger partial charge >= 0.3 is 0 Å². The van der Waals surface area contributed by atoms with E-state index in [9.17, 15) is 8.78 Å². The van der Waals surface area contributed by atoms with E-state index in [0.29, 0.717) is 12.1 Å². The van der Waals surface area contributed by atoms with Crippen molar-refractivity contribution >= 4 is 5.65 Å². The first-order chi connectivity index (χ1) is 10.1. The SMILES string of the molecule is CC(NCc1nnc2ccccn12)c1cc(F)cc(F)c1. The molecule has 0 bridgehead atoms. The van der Waals surface area contributed by atoms with E-state index in [0.717, 1.165) is 17.5 Å². The van der Waals surface area contributed by atoms with Gasteiger partial charge in [0.1, 0.15) is 11.6 Å². The molecule has 0 aliphatic rings. The maximum Gasteiger partial charge on any atom is 0.160 e. The first-order valence-corrected chi connectivity index (χ1v) is 6.61. The lowest BCUT2D eigenvalue weighted by atomic mass is 10.1. The van der Waals surface area contributed by atoms with Gasteiger partial charge in [0, 0.05) is 18.3 Å². The number of pyridine rings is 1. The van der Waals surface area contributed by atoms with Crippen LogP contribution < -0.4 is 5.32 Å². The van der Waals surface area contributed by atoms with Crippen molar-refractivity contribution in [3.8, 4) is 0 Å². The Labute approximate surface area is 120 Å². The van der Waals surface area contributed by atoms with Gasteiger partial charge in [-0.25, -0.2) is 8.78 Å². The normalized spacial score (nSPS) is 12.7. The maximum absolute atomic E-state index is 13.2. The quantitative estimate of drug-likeness (QED) is 0.802. The molecule has 0 radical (unpaired) electrons. The van der Waals surface area contributed by atoms with Gasteiger partial charge in [-0.15, -0.1) is 10.2 Å². The number of fused-ring (bicyclic) bond motifs is 1. The fourth-order valence-corrected chi connectivity index (χ4v) is 2.20. The van der Waals surface area contributed by atoms with Crippen LogP contribution in [0.2, 0.25) is 0 Å². The molecule has 1 atom stereocenters. The third-order valence-electron chi connectivity index (χ3n) is 3.34. The highest BCUT2D eigenvalue weighted by molar-refractivity contribution is 5.37. The molecule has 2 heterocycles. The molecule has 0 aliphatic carbocycles. The summed E-state index contributed by atoms with van der Waals surface area (Å²) in [7, 11) is 0. The van der Waals surface area contributed by atoms with Crippen LogP contribution in [0.1, 0.15) is 24.4 Å². The molecule has 6 heteroatoms. The second-order valence-corrected chi connectivity index (χ2v) is 4.85. The molecule has 0 saturated heterocycles. The minimum Gasteiger partial charge on any atom is -0.303 e. The summed E-state index contributed by atoms with van der Waals surface area (Å²) in [6.07, 6.45) is 1.87. The van der Waals surface area contributed by atoms with Gasteiger partial charge < -0.3 is 5.32 Å². The Hall–Kier alpha value is -2.34. The molecule has 3 aromatic rings. The van der Waals surface area contributed by atoms with Crippen LogP contribution in [0.25, 0.3) is 5.65 Å². The number of rotatable bonds is 4. The molecule has 4 nitrogen and oxygen atoms in total. The molecule has 108 valence electrons. The third kappa shape index (κ3) is 2.90. The van der Waals surface area contributed by atoms with Gasteiger partial charge in [-0.2, -0.15) is 0 Å². The average Bonchev–Trinajstić information content (AvgIpc) is 2.87. The molecule has 0 spiro atoms. The number of hydrogen-bond donors (Lipinski definition) is 1. The second kappa shape index (κ2) is 5.57. The van der Waals surface area contributed by atoms with Crippen molar-refractivity contribution in [3.05, 3.63) is 65.6 Å². The summed E-state index contributed by atoms with van der Waals surface area (Å²) in [5.74, 6) is -0.410. The highest BCUT2D eigenvalue weighted by Crippen LogP contribution is 2.16. The predicted octanol–water partition coefficient (Wildman–Crippen LogP) is 2.86. The fraction of sp³-hybridized carbons (Fsp3) is 0.200. The van der Waals surface area contributed by atoms with Crippen molar-refractivity contribution in [2.45, 2.75) is 19.5 Å². The van der Waals surface area contributed by atoms with Crippen LogP contribution >= 0.6 is 0 Å². The summed E-state index contributed by atoms with van der Waals surface area (Å²) >= 11 is 0. The zero-order valence-corrected chi connectivity index (χ0v) is 11.4. The summed E-state index contributed by atoms with van der Waals surface area (Å²) in [6.45, 7) is 2.29. The monoisotopic (exact) mass is 288 g/mol. The summed E-state index contributed by atoms with van der Waals surface area (Å²) in [6, 6.07) is 8.95. The Morgan fingerprint density at radius 2 is 1.90 bits per heavy atom. The zero-order chi connectivity index (χ0) is 14.8. The number of benzene rings is 1. The molecular weight excluding hydrogens is 274 g/mol. The number of halogens is 2. The molecule has 2 aromatic heterocycles. The Kier molecular flexibility index (Phi) is 3.62. The maximum atomic E-state index is 13.2. The van der Waals surface area contributed by atoms with Crippen LogP contribution in [0.4, 0.5) is 8.78 Å². The van der Waals surface area contributed by atoms with E-state index in [4.69, 9.17) is 0 Å². The van der Waals surface area contributed by atoms with E-state index in [2.05, 4.69) is 15.5 Å². The largest absolute Gasteiger partial charge is 0.303 e. The van der Waals surface area contributed by atoms with Crippen LogP contribution in [-0.2, 0) is 6.54 Å². The summed E-state index contributed by atoms with van der Waals surface area (Å²) in [4.78, 5) is 0. The van der Waals surface area contributed by atoms with E-state index in [1.807, 2.05) is 35.7 Å². The van der Waals surface area contributed by atoms with Crippen molar-refractivity contribution in [2.24, 2.45) is 0 Å². The lowest BCUT2D eigenvalue weighted by molar-refractivity contribution is 0.536. The van der Waals surface area contributed by atoms with E-state index < -0.39 is 11.6 Å². The Morgan fingerprint density at radius 3 is 2.67 bits per heavy atom. The van der Waals surface area contributed by atoms with Gasteiger partial charge in [0.25, 0.3) is 0 Å². The topological polar surface area (TPSA) is 42.2 Å². The fourth-order valence-electron chi connectivity index (χ4n) is 2.20. The Bertz CT molecular complexity index is 749. The smallest absolute Gasteiger partial charge is 0.160 e. The molecule has 0 amide bonds. The van der Waals surface area contributed by atoms with Gasteiger partial charge in [-0.1, -0.05) is 6.07 Å². The third-order valence-corrected chi connectivity index (χ3v) is 3.34. The van der Waals surface area contributed by atoms with E-state index in [1.165, 1.54) is 12.1 Å². The lowest BCUT2D eigenvalue weighted by Crippen LogP contribution is -2.20. The van der Waals surface area contributed by atoms with Crippen molar-refractivity contribution < 1.29 is 8.78 Å². The van der Waals surface area contributed by atoms with Crippen molar-refractivity contribution in [1.82, 2.24) is 19.9 Å². The molecule has 0 saturated carbocycles. The lowest BCUT2D eigenvalue weighted by Gasteiger charge is -2.13. The van der Waals surface area contributed by atoms with E-state index in [1.54, 1.807) is 0 Å².